The van der Waals surface area contributed by atoms with Gasteiger partial charge in [0.05, 0.1) is 18.0 Å². The Kier molecular flexibility index (Phi) is 5.46. The number of benzene rings is 1. The molecule has 1 saturated heterocycles. The summed E-state index contributed by atoms with van der Waals surface area (Å²) >= 11 is 0. The summed E-state index contributed by atoms with van der Waals surface area (Å²) in [5.74, 6) is 2.17. The number of ether oxygens (including phenoxy) is 1. The van der Waals surface area contributed by atoms with Crippen LogP contribution in [0.1, 0.15) is 39.5 Å². The van der Waals surface area contributed by atoms with Crippen LogP contribution in [0.2, 0.25) is 0 Å². The molecule has 3 rings (SSSR count). The summed E-state index contributed by atoms with van der Waals surface area (Å²) in [6.45, 7) is 6.08. The van der Waals surface area contributed by atoms with Crippen molar-refractivity contribution in [3.8, 4) is 5.75 Å². The molecule has 6 heteroatoms. The number of nitrogens with one attached hydrogen (secondary N) is 1. The second-order valence-electron chi connectivity index (χ2n) is 6.33. The van der Waals surface area contributed by atoms with E-state index in [2.05, 4.69) is 25.4 Å². The number of aromatic nitrogens is 3. The van der Waals surface area contributed by atoms with Gasteiger partial charge < -0.3 is 15.0 Å². The first-order chi connectivity index (χ1) is 11.7. The predicted molar refractivity (Wildman–Crippen MR) is 96.0 cm³/mol. The Labute approximate surface area is 143 Å². The maximum Gasteiger partial charge on any atom is 0.249 e. The van der Waals surface area contributed by atoms with Gasteiger partial charge in [0.2, 0.25) is 5.95 Å². The minimum absolute atomic E-state index is 0.107. The Morgan fingerprint density at radius 3 is 2.58 bits per heavy atom. The molecule has 1 aliphatic rings. The fraction of sp³-hybridized carbons (Fsp3) is 0.500. The Bertz CT molecular complexity index is 653. The zero-order valence-electron chi connectivity index (χ0n) is 14.4. The average Bonchev–Trinajstić information content (AvgIpc) is 2.86. The molecule has 0 aliphatic carbocycles. The SMILES string of the molecule is CC(C)Oc1ccccc1Nc1nncc(N2CCCCCC2)n1. The van der Waals surface area contributed by atoms with Gasteiger partial charge in [-0.2, -0.15) is 10.1 Å². The number of hydrogen-bond donors (Lipinski definition) is 1. The van der Waals surface area contributed by atoms with Crippen molar-refractivity contribution in [2.75, 3.05) is 23.3 Å². The smallest absolute Gasteiger partial charge is 0.249 e. The van der Waals surface area contributed by atoms with E-state index in [1.165, 1.54) is 25.7 Å². The number of para-hydroxylation sites is 2. The van der Waals surface area contributed by atoms with Crippen LogP contribution in [0, 0.1) is 0 Å². The molecule has 0 saturated carbocycles. The topological polar surface area (TPSA) is 63.2 Å². The van der Waals surface area contributed by atoms with Crippen molar-refractivity contribution in [2.24, 2.45) is 0 Å². The van der Waals surface area contributed by atoms with Gasteiger partial charge in [-0.05, 0) is 38.8 Å². The van der Waals surface area contributed by atoms with Gasteiger partial charge in [0, 0.05) is 13.1 Å². The summed E-state index contributed by atoms with van der Waals surface area (Å²) in [6.07, 6.45) is 6.85. The number of rotatable bonds is 5. The standard InChI is InChI=1S/C18H25N5O/c1-14(2)24-16-10-6-5-9-15(16)20-18-21-17(13-19-22-18)23-11-7-3-4-8-12-23/h5-6,9-10,13-14H,3-4,7-8,11-12H2,1-2H3,(H,20,21,22). The predicted octanol–water partition coefficient (Wildman–Crippen LogP) is 3.78. The fourth-order valence-electron chi connectivity index (χ4n) is 2.85. The van der Waals surface area contributed by atoms with E-state index in [9.17, 15) is 0 Å². The van der Waals surface area contributed by atoms with Crippen molar-refractivity contribution < 1.29 is 4.74 Å². The van der Waals surface area contributed by atoms with Crippen molar-refractivity contribution >= 4 is 17.5 Å². The Morgan fingerprint density at radius 1 is 1.08 bits per heavy atom. The number of hydrogen-bond acceptors (Lipinski definition) is 6. The third-order valence-electron chi connectivity index (χ3n) is 3.97. The largest absolute Gasteiger partial charge is 0.489 e. The molecule has 0 unspecified atom stereocenters. The summed E-state index contributed by atoms with van der Waals surface area (Å²) in [5.41, 5.74) is 0.848. The van der Waals surface area contributed by atoms with Crippen molar-refractivity contribution in [1.29, 1.82) is 0 Å². The molecule has 128 valence electrons. The highest BCUT2D eigenvalue weighted by Crippen LogP contribution is 2.27. The van der Waals surface area contributed by atoms with E-state index in [-0.39, 0.29) is 6.10 Å². The highest BCUT2D eigenvalue weighted by molar-refractivity contribution is 5.62. The van der Waals surface area contributed by atoms with Gasteiger partial charge in [0.1, 0.15) is 5.75 Å². The van der Waals surface area contributed by atoms with Crippen LogP contribution in [0.5, 0.6) is 5.75 Å². The average molecular weight is 327 g/mol. The van der Waals surface area contributed by atoms with Gasteiger partial charge in [-0.25, -0.2) is 0 Å². The Balaban J connectivity index is 1.77. The molecule has 2 heterocycles. The molecular formula is C18H25N5O. The molecule has 1 N–H and O–H groups in total. The maximum atomic E-state index is 5.83. The molecule has 1 aromatic heterocycles. The number of anilines is 3. The lowest BCUT2D eigenvalue weighted by Gasteiger charge is -2.21. The van der Waals surface area contributed by atoms with Crippen molar-refractivity contribution in [2.45, 2.75) is 45.6 Å². The van der Waals surface area contributed by atoms with Crippen LogP contribution < -0.4 is 15.0 Å². The zero-order chi connectivity index (χ0) is 16.8. The van der Waals surface area contributed by atoms with Gasteiger partial charge in [-0.3, -0.25) is 0 Å². The second-order valence-corrected chi connectivity index (χ2v) is 6.33. The van der Waals surface area contributed by atoms with E-state index in [0.29, 0.717) is 5.95 Å². The van der Waals surface area contributed by atoms with Crippen molar-refractivity contribution in [3.05, 3.63) is 30.5 Å². The molecule has 0 radical (unpaired) electrons. The molecular weight excluding hydrogens is 302 g/mol. The van der Waals surface area contributed by atoms with E-state index >= 15 is 0 Å². The van der Waals surface area contributed by atoms with E-state index in [1.807, 2.05) is 38.1 Å². The summed E-state index contributed by atoms with van der Waals surface area (Å²) in [5, 5.41) is 11.5. The first-order valence-corrected chi connectivity index (χ1v) is 8.70. The molecule has 0 atom stereocenters. The molecule has 1 aliphatic heterocycles. The van der Waals surface area contributed by atoms with Crippen LogP contribution in [-0.2, 0) is 0 Å². The lowest BCUT2D eigenvalue weighted by atomic mass is 10.2. The lowest BCUT2D eigenvalue weighted by molar-refractivity contribution is 0.244. The van der Waals surface area contributed by atoms with E-state index in [4.69, 9.17) is 4.74 Å². The van der Waals surface area contributed by atoms with E-state index < -0.39 is 0 Å². The van der Waals surface area contributed by atoms with Crippen molar-refractivity contribution in [1.82, 2.24) is 15.2 Å². The van der Waals surface area contributed by atoms with Crippen LogP contribution in [-0.4, -0.2) is 34.4 Å². The quantitative estimate of drug-likeness (QED) is 0.901. The Morgan fingerprint density at radius 2 is 1.83 bits per heavy atom. The summed E-state index contributed by atoms with van der Waals surface area (Å²) < 4.78 is 5.83. The normalized spacial score (nSPS) is 15.2. The monoisotopic (exact) mass is 327 g/mol. The molecule has 24 heavy (non-hydrogen) atoms. The van der Waals surface area contributed by atoms with Crippen molar-refractivity contribution in [3.63, 3.8) is 0 Å². The third-order valence-corrected chi connectivity index (χ3v) is 3.97. The van der Waals surface area contributed by atoms with Crippen LogP contribution in [0.25, 0.3) is 0 Å². The highest BCUT2D eigenvalue weighted by atomic mass is 16.5. The summed E-state index contributed by atoms with van der Waals surface area (Å²) in [7, 11) is 0. The second kappa shape index (κ2) is 7.95. The van der Waals surface area contributed by atoms with Gasteiger partial charge in [0.15, 0.2) is 5.82 Å². The minimum Gasteiger partial charge on any atom is -0.489 e. The van der Waals surface area contributed by atoms with E-state index in [0.717, 1.165) is 30.3 Å². The lowest BCUT2D eigenvalue weighted by Crippen LogP contribution is -2.25. The third kappa shape index (κ3) is 4.34. The van der Waals surface area contributed by atoms with Gasteiger partial charge >= 0.3 is 0 Å². The fourth-order valence-corrected chi connectivity index (χ4v) is 2.85. The summed E-state index contributed by atoms with van der Waals surface area (Å²) in [6, 6.07) is 7.81. The van der Waals surface area contributed by atoms with Crippen LogP contribution in [0.4, 0.5) is 17.5 Å². The van der Waals surface area contributed by atoms with E-state index in [1.54, 1.807) is 6.20 Å². The minimum atomic E-state index is 0.107. The van der Waals surface area contributed by atoms with Gasteiger partial charge in [0.25, 0.3) is 0 Å². The molecule has 0 amide bonds. The van der Waals surface area contributed by atoms with Crippen LogP contribution >= 0.6 is 0 Å². The Hall–Kier alpha value is -2.37. The first kappa shape index (κ1) is 16.5. The highest BCUT2D eigenvalue weighted by Gasteiger charge is 2.13. The molecule has 2 aromatic rings. The van der Waals surface area contributed by atoms with Crippen LogP contribution in [0.15, 0.2) is 30.5 Å². The molecule has 0 bridgehead atoms. The maximum absolute atomic E-state index is 5.83. The zero-order valence-corrected chi connectivity index (χ0v) is 14.4. The van der Waals surface area contributed by atoms with Gasteiger partial charge in [-0.1, -0.05) is 25.0 Å². The number of nitrogens with zero attached hydrogens (tertiary/aromatic N) is 4. The van der Waals surface area contributed by atoms with Crippen LogP contribution in [0.3, 0.4) is 0 Å². The van der Waals surface area contributed by atoms with Gasteiger partial charge in [-0.15, -0.1) is 5.10 Å². The molecule has 0 spiro atoms. The summed E-state index contributed by atoms with van der Waals surface area (Å²) in [4.78, 5) is 6.93. The first-order valence-electron chi connectivity index (χ1n) is 8.70. The molecule has 1 fully saturated rings. The molecule has 1 aromatic carbocycles. The molecule has 6 nitrogen and oxygen atoms in total.